The second-order valence-electron chi connectivity index (χ2n) is 7.17. The first-order valence-corrected chi connectivity index (χ1v) is 8.69. The van der Waals surface area contributed by atoms with Crippen molar-refractivity contribution in [2.24, 2.45) is 0 Å². The smallest absolute Gasteiger partial charge is 0.408 e. The van der Waals surface area contributed by atoms with Gasteiger partial charge in [0.2, 0.25) is 0 Å². The molecule has 0 aliphatic heterocycles. The predicted molar refractivity (Wildman–Crippen MR) is 98.5 cm³/mol. The van der Waals surface area contributed by atoms with Gasteiger partial charge in [0.15, 0.2) is 5.78 Å². The number of alkyl carbamates (subject to hydrolysis) is 1. The van der Waals surface area contributed by atoms with Crippen LogP contribution in [0.4, 0.5) is 13.6 Å². The van der Waals surface area contributed by atoms with Gasteiger partial charge >= 0.3 is 6.09 Å². The molecular formula is C21H23F2NO3. The zero-order chi connectivity index (χ0) is 20.0. The van der Waals surface area contributed by atoms with Crippen molar-refractivity contribution in [1.29, 1.82) is 0 Å². The number of benzene rings is 2. The van der Waals surface area contributed by atoms with Crippen molar-refractivity contribution < 1.29 is 23.1 Å². The average Bonchev–Trinajstić information content (AvgIpc) is 2.57. The van der Waals surface area contributed by atoms with Gasteiger partial charge in [-0.1, -0.05) is 36.4 Å². The summed E-state index contributed by atoms with van der Waals surface area (Å²) in [6.07, 6.45) is -0.579. The molecule has 0 aliphatic rings. The van der Waals surface area contributed by atoms with E-state index in [-0.39, 0.29) is 12.8 Å². The summed E-state index contributed by atoms with van der Waals surface area (Å²) >= 11 is 0. The molecule has 0 saturated carbocycles. The molecule has 4 nitrogen and oxygen atoms in total. The van der Waals surface area contributed by atoms with Gasteiger partial charge in [-0.05, 0) is 44.9 Å². The lowest BCUT2D eigenvalue weighted by Crippen LogP contribution is -2.35. The normalized spacial score (nSPS) is 12.3. The Labute approximate surface area is 157 Å². The highest BCUT2D eigenvalue weighted by atomic mass is 19.1. The van der Waals surface area contributed by atoms with Crippen molar-refractivity contribution in [3.8, 4) is 0 Å². The Kier molecular flexibility index (Phi) is 6.66. The van der Waals surface area contributed by atoms with Crippen LogP contribution >= 0.6 is 0 Å². The standard InChI is InChI=1S/C21H23F2NO3/c1-21(2,3)27-20(26)24-17(14-8-5-4-6-9-14)12-13-18(25)19-15(22)10-7-11-16(19)23/h4-11,17H,12-13H2,1-3H3,(H,24,26). The number of halogens is 2. The van der Waals surface area contributed by atoms with Gasteiger partial charge in [-0.25, -0.2) is 13.6 Å². The van der Waals surface area contributed by atoms with Gasteiger partial charge in [-0.15, -0.1) is 0 Å². The maximum atomic E-state index is 13.8. The van der Waals surface area contributed by atoms with Crippen molar-refractivity contribution in [2.45, 2.75) is 45.3 Å². The summed E-state index contributed by atoms with van der Waals surface area (Å²) in [5.41, 5.74) is -0.455. The zero-order valence-corrected chi connectivity index (χ0v) is 15.6. The fourth-order valence-corrected chi connectivity index (χ4v) is 2.62. The molecule has 2 aromatic carbocycles. The van der Waals surface area contributed by atoms with Crippen molar-refractivity contribution in [3.63, 3.8) is 0 Å². The minimum Gasteiger partial charge on any atom is -0.444 e. The number of ketones is 1. The minimum atomic E-state index is -0.892. The SMILES string of the molecule is CC(C)(C)OC(=O)NC(CCC(=O)c1c(F)cccc1F)c1ccccc1. The largest absolute Gasteiger partial charge is 0.444 e. The fourth-order valence-electron chi connectivity index (χ4n) is 2.62. The average molecular weight is 375 g/mol. The number of rotatable bonds is 6. The molecule has 0 aliphatic carbocycles. The number of hydrogen-bond acceptors (Lipinski definition) is 3. The van der Waals surface area contributed by atoms with E-state index in [1.165, 1.54) is 6.07 Å². The van der Waals surface area contributed by atoms with Crippen LogP contribution in [0.5, 0.6) is 0 Å². The van der Waals surface area contributed by atoms with E-state index in [2.05, 4.69) is 5.32 Å². The van der Waals surface area contributed by atoms with Crippen molar-refractivity contribution in [1.82, 2.24) is 5.32 Å². The molecule has 0 spiro atoms. The molecule has 0 aromatic heterocycles. The molecule has 1 atom stereocenters. The Bertz CT molecular complexity index is 781. The number of carbonyl (C=O) groups is 2. The molecule has 144 valence electrons. The third-order valence-electron chi connectivity index (χ3n) is 3.79. The summed E-state index contributed by atoms with van der Waals surface area (Å²) in [5.74, 6) is -2.44. The molecule has 2 rings (SSSR count). The monoisotopic (exact) mass is 375 g/mol. The molecule has 0 saturated heterocycles. The lowest BCUT2D eigenvalue weighted by molar-refractivity contribution is 0.0498. The van der Waals surface area contributed by atoms with Crippen LogP contribution in [-0.4, -0.2) is 17.5 Å². The Morgan fingerprint density at radius 1 is 1.00 bits per heavy atom. The van der Waals surface area contributed by atoms with E-state index in [1.54, 1.807) is 45.0 Å². The fraction of sp³-hybridized carbons (Fsp3) is 0.333. The summed E-state index contributed by atoms with van der Waals surface area (Å²) < 4.78 is 32.9. The minimum absolute atomic E-state index is 0.132. The second-order valence-corrected chi connectivity index (χ2v) is 7.17. The summed E-state index contributed by atoms with van der Waals surface area (Å²) in [6, 6.07) is 11.8. The molecule has 6 heteroatoms. The third kappa shape index (κ3) is 6.16. The van der Waals surface area contributed by atoms with E-state index in [0.29, 0.717) is 0 Å². The summed E-state index contributed by atoms with van der Waals surface area (Å²) in [6.45, 7) is 5.23. The first kappa shape index (κ1) is 20.6. The van der Waals surface area contributed by atoms with Gasteiger partial charge in [0.05, 0.1) is 11.6 Å². The molecule has 1 amide bonds. The van der Waals surface area contributed by atoms with E-state index in [1.807, 2.05) is 6.07 Å². The van der Waals surface area contributed by atoms with E-state index in [9.17, 15) is 18.4 Å². The Morgan fingerprint density at radius 2 is 1.59 bits per heavy atom. The number of Topliss-reactive ketones (excluding diaryl/α,β-unsaturated/α-hetero) is 1. The molecule has 0 radical (unpaired) electrons. The number of hydrogen-bond donors (Lipinski definition) is 1. The highest BCUT2D eigenvalue weighted by molar-refractivity contribution is 5.96. The van der Waals surface area contributed by atoms with Crippen molar-refractivity contribution in [3.05, 3.63) is 71.3 Å². The van der Waals surface area contributed by atoms with Crippen LogP contribution in [0.3, 0.4) is 0 Å². The van der Waals surface area contributed by atoms with Gasteiger partial charge in [0.1, 0.15) is 17.2 Å². The number of amides is 1. The van der Waals surface area contributed by atoms with Crippen LogP contribution in [0.15, 0.2) is 48.5 Å². The van der Waals surface area contributed by atoms with Crippen LogP contribution in [0.2, 0.25) is 0 Å². The summed E-state index contributed by atoms with van der Waals surface area (Å²) in [5, 5.41) is 2.73. The van der Waals surface area contributed by atoms with Crippen molar-refractivity contribution >= 4 is 11.9 Å². The van der Waals surface area contributed by atoms with Crippen LogP contribution in [-0.2, 0) is 4.74 Å². The molecule has 1 N–H and O–H groups in total. The lowest BCUT2D eigenvalue weighted by atomic mass is 9.98. The Balaban J connectivity index is 2.13. The highest BCUT2D eigenvalue weighted by Crippen LogP contribution is 2.22. The Morgan fingerprint density at radius 3 is 2.15 bits per heavy atom. The van der Waals surface area contributed by atoms with E-state index >= 15 is 0 Å². The first-order chi connectivity index (χ1) is 12.7. The number of carbonyl (C=O) groups excluding carboxylic acids is 2. The van der Waals surface area contributed by atoms with Crippen LogP contribution in [0.1, 0.15) is 55.6 Å². The summed E-state index contributed by atoms with van der Waals surface area (Å²) in [7, 11) is 0. The van der Waals surface area contributed by atoms with Gasteiger partial charge in [0, 0.05) is 6.42 Å². The zero-order valence-electron chi connectivity index (χ0n) is 15.6. The topological polar surface area (TPSA) is 55.4 Å². The second kappa shape index (κ2) is 8.75. The van der Waals surface area contributed by atoms with Gasteiger partial charge in [-0.3, -0.25) is 4.79 Å². The molecule has 2 aromatic rings. The van der Waals surface area contributed by atoms with Crippen LogP contribution < -0.4 is 5.32 Å². The predicted octanol–water partition coefficient (Wildman–Crippen LogP) is 5.19. The molecular weight excluding hydrogens is 352 g/mol. The van der Waals surface area contributed by atoms with Crippen molar-refractivity contribution in [2.75, 3.05) is 0 Å². The van der Waals surface area contributed by atoms with Crippen LogP contribution in [0.25, 0.3) is 0 Å². The Hall–Kier alpha value is -2.76. The van der Waals surface area contributed by atoms with Crippen LogP contribution in [0, 0.1) is 11.6 Å². The number of nitrogens with one attached hydrogen (secondary N) is 1. The third-order valence-corrected chi connectivity index (χ3v) is 3.79. The molecule has 0 bridgehead atoms. The molecule has 0 heterocycles. The van der Waals surface area contributed by atoms with E-state index in [4.69, 9.17) is 4.74 Å². The van der Waals surface area contributed by atoms with Gasteiger partial charge in [-0.2, -0.15) is 0 Å². The van der Waals surface area contributed by atoms with E-state index < -0.39 is 40.7 Å². The number of ether oxygens (including phenoxy) is 1. The molecule has 27 heavy (non-hydrogen) atoms. The molecule has 1 unspecified atom stereocenters. The lowest BCUT2D eigenvalue weighted by Gasteiger charge is -2.24. The molecule has 0 fully saturated rings. The summed E-state index contributed by atoms with van der Waals surface area (Å²) in [4.78, 5) is 24.4. The maximum Gasteiger partial charge on any atom is 0.408 e. The van der Waals surface area contributed by atoms with Gasteiger partial charge in [0.25, 0.3) is 0 Å². The van der Waals surface area contributed by atoms with E-state index in [0.717, 1.165) is 17.7 Å². The van der Waals surface area contributed by atoms with Gasteiger partial charge < -0.3 is 10.1 Å². The quantitative estimate of drug-likeness (QED) is 0.707. The first-order valence-electron chi connectivity index (χ1n) is 8.69. The maximum absolute atomic E-state index is 13.8. The highest BCUT2D eigenvalue weighted by Gasteiger charge is 2.23.